The van der Waals surface area contributed by atoms with Crippen LogP contribution >= 0.6 is 0 Å². The number of ether oxygens (including phenoxy) is 2. The predicted molar refractivity (Wildman–Crippen MR) is 163 cm³/mol. The van der Waals surface area contributed by atoms with Gasteiger partial charge in [0.25, 0.3) is 0 Å². The summed E-state index contributed by atoms with van der Waals surface area (Å²) in [5.74, 6) is -0.0524. The molecule has 224 valence electrons. The zero-order chi connectivity index (χ0) is 30.1. The number of fused-ring (bicyclic) bond motifs is 1. The minimum atomic E-state index is -3.88. The fourth-order valence-electron chi connectivity index (χ4n) is 4.80. The van der Waals surface area contributed by atoms with Crippen LogP contribution in [0.2, 0.25) is 0 Å². The van der Waals surface area contributed by atoms with Crippen LogP contribution in [0.25, 0.3) is 0 Å². The molecule has 1 atom stereocenters. The van der Waals surface area contributed by atoms with Gasteiger partial charge in [-0.25, -0.2) is 8.42 Å². The average Bonchev–Trinajstić information content (AvgIpc) is 3.01. The second-order valence-corrected chi connectivity index (χ2v) is 12.4. The molecule has 0 fully saturated rings. The molecule has 3 aromatic carbocycles. The van der Waals surface area contributed by atoms with Crippen LogP contribution < -0.4 is 19.1 Å². The van der Waals surface area contributed by atoms with Crippen LogP contribution in [0, 0.1) is 6.92 Å². The quantitative estimate of drug-likeness (QED) is 0.320. The highest BCUT2D eigenvalue weighted by molar-refractivity contribution is 7.92. The Morgan fingerprint density at radius 2 is 1.62 bits per heavy atom. The van der Waals surface area contributed by atoms with E-state index in [4.69, 9.17) is 9.47 Å². The molecule has 1 N–H and O–H groups in total. The van der Waals surface area contributed by atoms with E-state index in [2.05, 4.69) is 5.32 Å². The van der Waals surface area contributed by atoms with Gasteiger partial charge in [0.05, 0.1) is 11.4 Å². The third-order valence-corrected chi connectivity index (χ3v) is 8.96. The van der Waals surface area contributed by atoms with Crippen molar-refractivity contribution >= 4 is 27.5 Å². The summed E-state index contributed by atoms with van der Waals surface area (Å²) in [6.07, 6.45) is 1.01. The van der Waals surface area contributed by atoms with Gasteiger partial charge >= 0.3 is 0 Å². The minimum absolute atomic E-state index is 0.143. The summed E-state index contributed by atoms with van der Waals surface area (Å²) >= 11 is 0. The number of hydrogen-bond donors (Lipinski definition) is 1. The molecule has 0 saturated heterocycles. The monoisotopic (exact) mass is 593 g/mol. The second-order valence-electron chi connectivity index (χ2n) is 10.2. The maximum absolute atomic E-state index is 14.3. The summed E-state index contributed by atoms with van der Waals surface area (Å²) in [7, 11) is -3.88. The summed E-state index contributed by atoms with van der Waals surface area (Å²) in [6.45, 7) is 6.31. The lowest BCUT2D eigenvalue weighted by atomic mass is 10.0. The van der Waals surface area contributed by atoms with Crippen LogP contribution in [0.1, 0.15) is 37.0 Å². The molecule has 1 unspecified atom stereocenters. The number of anilines is 1. The zero-order valence-electron chi connectivity index (χ0n) is 24.4. The van der Waals surface area contributed by atoms with Crippen molar-refractivity contribution in [3.05, 3.63) is 89.5 Å². The van der Waals surface area contributed by atoms with Crippen LogP contribution in [-0.4, -0.2) is 63.2 Å². The Hall–Kier alpha value is -4.05. The Labute approximate surface area is 248 Å². The van der Waals surface area contributed by atoms with E-state index in [0.29, 0.717) is 36.9 Å². The van der Waals surface area contributed by atoms with E-state index in [0.717, 1.165) is 27.4 Å². The molecular formula is C32H39N3O6S. The molecule has 1 aliphatic rings. The molecule has 0 radical (unpaired) electrons. The molecule has 0 spiro atoms. The highest BCUT2D eigenvalue weighted by Crippen LogP contribution is 2.35. The molecule has 2 amide bonds. The summed E-state index contributed by atoms with van der Waals surface area (Å²) in [5.41, 5.74) is 3.02. The van der Waals surface area contributed by atoms with Gasteiger partial charge in [-0.2, -0.15) is 0 Å². The van der Waals surface area contributed by atoms with Crippen molar-refractivity contribution in [1.82, 2.24) is 10.2 Å². The molecule has 42 heavy (non-hydrogen) atoms. The molecule has 10 heteroatoms. The van der Waals surface area contributed by atoms with Crippen molar-refractivity contribution in [2.45, 2.75) is 46.2 Å². The van der Waals surface area contributed by atoms with E-state index in [1.807, 2.05) is 68.4 Å². The lowest BCUT2D eigenvalue weighted by Crippen LogP contribution is -2.53. The van der Waals surface area contributed by atoms with Gasteiger partial charge in [0, 0.05) is 25.6 Å². The fourth-order valence-corrected chi connectivity index (χ4v) is 5.85. The van der Waals surface area contributed by atoms with Crippen molar-refractivity contribution in [2.75, 3.05) is 36.4 Å². The van der Waals surface area contributed by atoms with Crippen molar-refractivity contribution in [2.24, 2.45) is 0 Å². The molecule has 1 heterocycles. The minimum Gasteiger partial charge on any atom is -0.486 e. The molecular weight excluding hydrogens is 554 g/mol. The molecule has 3 aromatic rings. The van der Waals surface area contributed by atoms with Gasteiger partial charge in [-0.3, -0.25) is 13.9 Å². The summed E-state index contributed by atoms with van der Waals surface area (Å²) in [5, 5.41) is 2.95. The number of nitrogens with one attached hydrogen (secondary N) is 1. The predicted octanol–water partition coefficient (Wildman–Crippen LogP) is 4.09. The van der Waals surface area contributed by atoms with Gasteiger partial charge in [-0.05, 0) is 49.1 Å². The topological polar surface area (TPSA) is 105 Å². The first-order valence-electron chi connectivity index (χ1n) is 14.3. The van der Waals surface area contributed by atoms with Crippen molar-refractivity contribution in [3.63, 3.8) is 0 Å². The average molecular weight is 594 g/mol. The van der Waals surface area contributed by atoms with E-state index >= 15 is 0 Å². The zero-order valence-corrected chi connectivity index (χ0v) is 25.2. The van der Waals surface area contributed by atoms with Gasteiger partial charge in [0.2, 0.25) is 21.8 Å². The summed E-state index contributed by atoms with van der Waals surface area (Å²) in [6, 6.07) is 21.1. The number of aryl methyl sites for hydroxylation is 1. The van der Waals surface area contributed by atoms with Crippen molar-refractivity contribution in [3.8, 4) is 11.5 Å². The number of hydrogen-bond acceptors (Lipinski definition) is 6. The lowest BCUT2D eigenvalue weighted by Gasteiger charge is -2.34. The molecule has 0 aliphatic carbocycles. The number of carbonyl (C=O) groups excluding carboxylic acids is 2. The number of carbonyl (C=O) groups is 2. The number of amides is 2. The van der Waals surface area contributed by atoms with Gasteiger partial charge in [0.15, 0.2) is 11.5 Å². The first-order chi connectivity index (χ1) is 20.2. The van der Waals surface area contributed by atoms with E-state index in [9.17, 15) is 18.0 Å². The highest BCUT2D eigenvalue weighted by Gasteiger charge is 2.34. The van der Waals surface area contributed by atoms with Crippen molar-refractivity contribution < 1.29 is 27.5 Å². The molecule has 0 bridgehead atoms. The SMILES string of the molecule is CCCNC(=O)C(Cc1ccccc1)N(Cc1ccccc1C)C(=O)CN(c1ccc2c(c1)OCCO2)S(=O)(=O)CC. The van der Waals surface area contributed by atoms with Gasteiger partial charge in [0.1, 0.15) is 25.8 Å². The van der Waals surface area contributed by atoms with Crippen LogP contribution in [0.4, 0.5) is 5.69 Å². The standard InChI is InChI=1S/C32H39N3O6S/c1-4-17-33-32(37)28(20-25-12-7-6-8-13-25)34(22-26-14-10-9-11-24(26)3)31(36)23-35(42(38,39)5-2)27-15-16-29-30(21-27)41-19-18-40-29/h6-16,21,28H,4-5,17-20,22-23H2,1-3H3,(H,33,37). The largest absolute Gasteiger partial charge is 0.486 e. The van der Waals surface area contributed by atoms with Crippen LogP contribution in [0.15, 0.2) is 72.8 Å². The Bertz CT molecular complexity index is 1480. The summed E-state index contributed by atoms with van der Waals surface area (Å²) in [4.78, 5) is 29.4. The fraction of sp³-hybridized carbons (Fsp3) is 0.375. The molecule has 0 aromatic heterocycles. The Morgan fingerprint density at radius 3 is 2.31 bits per heavy atom. The second kappa shape index (κ2) is 14.2. The number of sulfonamides is 1. The first kappa shape index (κ1) is 30.9. The van der Waals surface area contributed by atoms with E-state index in [1.165, 1.54) is 11.8 Å². The lowest BCUT2D eigenvalue weighted by molar-refractivity contribution is -0.140. The number of nitrogens with zero attached hydrogens (tertiary/aromatic N) is 2. The Morgan fingerprint density at radius 1 is 0.929 bits per heavy atom. The molecule has 0 saturated carbocycles. The van der Waals surface area contributed by atoms with Crippen LogP contribution in [-0.2, 0) is 32.6 Å². The Kier molecular flexibility index (Phi) is 10.5. The first-order valence-corrected chi connectivity index (χ1v) is 15.9. The molecule has 9 nitrogen and oxygen atoms in total. The van der Waals surface area contributed by atoms with Gasteiger partial charge < -0.3 is 19.7 Å². The molecule has 1 aliphatic heterocycles. The van der Waals surface area contributed by atoms with E-state index in [1.54, 1.807) is 18.2 Å². The van der Waals surface area contributed by atoms with Gasteiger partial charge in [-0.15, -0.1) is 0 Å². The third kappa shape index (κ3) is 7.61. The number of rotatable bonds is 13. The number of benzene rings is 3. The smallest absolute Gasteiger partial charge is 0.244 e. The van der Waals surface area contributed by atoms with Crippen LogP contribution in [0.3, 0.4) is 0 Å². The van der Waals surface area contributed by atoms with Gasteiger partial charge in [-0.1, -0.05) is 61.5 Å². The normalized spacial score (nSPS) is 13.2. The Balaban J connectivity index is 1.75. The van der Waals surface area contributed by atoms with E-state index < -0.39 is 28.5 Å². The maximum atomic E-state index is 14.3. The maximum Gasteiger partial charge on any atom is 0.244 e. The van der Waals surface area contributed by atoms with E-state index in [-0.39, 0.29) is 24.6 Å². The molecule has 4 rings (SSSR count). The van der Waals surface area contributed by atoms with Crippen LogP contribution in [0.5, 0.6) is 11.5 Å². The third-order valence-electron chi connectivity index (χ3n) is 7.22. The highest BCUT2D eigenvalue weighted by atomic mass is 32.2. The summed E-state index contributed by atoms with van der Waals surface area (Å²) < 4.78 is 39.1. The van der Waals surface area contributed by atoms with Crippen molar-refractivity contribution in [1.29, 1.82) is 0 Å².